The number of ether oxygens (including phenoxy) is 1. The van der Waals surface area contributed by atoms with Gasteiger partial charge >= 0.3 is 0 Å². The van der Waals surface area contributed by atoms with E-state index in [0.717, 1.165) is 17.0 Å². The Morgan fingerprint density at radius 2 is 2.05 bits per heavy atom. The van der Waals surface area contributed by atoms with Gasteiger partial charge in [-0.05, 0) is 24.3 Å². The largest absolute Gasteiger partial charge is 0.497 e. The summed E-state index contributed by atoms with van der Waals surface area (Å²) >= 11 is 0. The van der Waals surface area contributed by atoms with Gasteiger partial charge in [-0.25, -0.2) is 4.68 Å². The van der Waals surface area contributed by atoms with Crippen molar-refractivity contribution < 1.29 is 4.74 Å². The van der Waals surface area contributed by atoms with Gasteiger partial charge in [0.15, 0.2) is 11.5 Å². The average molecular weight is 292 g/mol. The smallest absolute Gasteiger partial charge is 0.179 e. The van der Waals surface area contributed by atoms with Crippen molar-refractivity contribution in [1.29, 1.82) is 0 Å². The number of hydrogen-bond donors (Lipinski definition) is 0. The molecule has 4 aromatic rings. The van der Waals surface area contributed by atoms with Crippen LogP contribution in [0.25, 0.3) is 22.7 Å². The van der Waals surface area contributed by atoms with Gasteiger partial charge in [0.05, 0.1) is 19.0 Å². The summed E-state index contributed by atoms with van der Waals surface area (Å²) in [5, 5.41) is 12.7. The third-order valence-electron chi connectivity index (χ3n) is 3.41. The Balaban J connectivity index is 2.00. The number of benzene rings is 1. The van der Waals surface area contributed by atoms with E-state index in [-0.39, 0.29) is 0 Å². The van der Waals surface area contributed by atoms with E-state index in [1.165, 1.54) is 0 Å². The Kier molecular flexibility index (Phi) is 2.82. The Bertz CT molecular complexity index is 928. The minimum atomic E-state index is 0.687. The highest BCUT2D eigenvalue weighted by atomic mass is 16.5. The monoisotopic (exact) mass is 292 g/mol. The second-order valence-electron chi connectivity index (χ2n) is 4.66. The van der Waals surface area contributed by atoms with Crippen LogP contribution in [0.15, 0.2) is 55.2 Å². The normalized spacial score (nSPS) is 11.0. The van der Waals surface area contributed by atoms with Crippen molar-refractivity contribution in [2.75, 3.05) is 7.11 Å². The lowest BCUT2D eigenvalue weighted by Crippen LogP contribution is -2.00. The van der Waals surface area contributed by atoms with Gasteiger partial charge in [-0.1, -0.05) is 0 Å². The second kappa shape index (κ2) is 4.96. The highest BCUT2D eigenvalue weighted by Gasteiger charge is 2.15. The molecule has 0 aliphatic carbocycles. The molecule has 7 heteroatoms. The van der Waals surface area contributed by atoms with E-state index in [9.17, 15) is 0 Å². The SMILES string of the molecule is COc1ccc(-n2cccn2)c(-c2nnc3cnccn23)c1. The lowest BCUT2D eigenvalue weighted by Gasteiger charge is -2.10. The number of nitrogens with zero attached hydrogens (tertiary/aromatic N) is 6. The van der Waals surface area contributed by atoms with Crippen molar-refractivity contribution in [2.45, 2.75) is 0 Å². The number of rotatable bonds is 3. The van der Waals surface area contributed by atoms with E-state index >= 15 is 0 Å². The molecule has 3 aromatic heterocycles. The number of fused-ring (bicyclic) bond motifs is 1. The zero-order valence-corrected chi connectivity index (χ0v) is 11.8. The third kappa shape index (κ3) is 1.91. The molecule has 0 spiro atoms. The molecule has 0 radical (unpaired) electrons. The van der Waals surface area contributed by atoms with Gasteiger partial charge < -0.3 is 4.74 Å². The lowest BCUT2D eigenvalue weighted by atomic mass is 10.1. The molecule has 0 saturated carbocycles. The van der Waals surface area contributed by atoms with Gasteiger partial charge in [0, 0.05) is 30.4 Å². The molecule has 0 amide bonds. The molecule has 22 heavy (non-hydrogen) atoms. The van der Waals surface area contributed by atoms with E-state index in [2.05, 4.69) is 20.3 Å². The summed E-state index contributed by atoms with van der Waals surface area (Å²) in [6, 6.07) is 7.64. The molecule has 0 atom stereocenters. The fourth-order valence-corrected chi connectivity index (χ4v) is 2.37. The summed E-state index contributed by atoms with van der Waals surface area (Å²) in [5.41, 5.74) is 2.46. The van der Waals surface area contributed by atoms with Crippen LogP contribution in [0.5, 0.6) is 5.75 Å². The second-order valence-corrected chi connectivity index (χ2v) is 4.66. The lowest BCUT2D eigenvalue weighted by molar-refractivity contribution is 0.415. The predicted molar refractivity (Wildman–Crippen MR) is 79.9 cm³/mol. The maximum Gasteiger partial charge on any atom is 0.179 e. The van der Waals surface area contributed by atoms with Gasteiger partial charge in [0.25, 0.3) is 0 Å². The summed E-state index contributed by atoms with van der Waals surface area (Å²) in [5.74, 6) is 1.46. The Morgan fingerprint density at radius 3 is 2.86 bits per heavy atom. The quantitative estimate of drug-likeness (QED) is 0.577. The summed E-state index contributed by atoms with van der Waals surface area (Å²) in [4.78, 5) is 4.06. The molecule has 7 nitrogen and oxygen atoms in total. The van der Waals surface area contributed by atoms with Crippen molar-refractivity contribution in [3.63, 3.8) is 0 Å². The summed E-state index contributed by atoms with van der Waals surface area (Å²) < 4.78 is 9.01. The molecule has 0 bridgehead atoms. The maximum absolute atomic E-state index is 5.34. The topological polar surface area (TPSA) is 70.1 Å². The van der Waals surface area contributed by atoms with Crippen molar-refractivity contribution in [3.05, 3.63) is 55.2 Å². The van der Waals surface area contributed by atoms with Crippen LogP contribution in [0.2, 0.25) is 0 Å². The van der Waals surface area contributed by atoms with Crippen LogP contribution in [-0.2, 0) is 0 Å². The summed E-state index contributed by atoms with van der Waals surface area (Å²) in [6.45, 7) is 0. The zero-order chi connectivity index (χ0) is 14.9. The predicted octanol–water partition coefficient (Wildman–Crippen LogP) is 1.99. The van der Waals surface area contributed by atoms with Crippen LogP contribution in [-0.4, -0.2) is 36.5 Å². The average Bonchev–Trinajstić information content (AvgIpc) is 3.24. The minimum absolute atomic E-state index is 0.687. The first-order valence-electron chi connectivity index (χ1n) is 6.70. The van der Waals surface area contributed by atoms with Gasteiger partial charge in [-0.3, -0.25) is 9.38 Å². The van der Waals surface area contributed by atoms with Crippen LogP contribution < -0.4 is 4.74 Å². The van der Waals surface area contributed by atoms with E-state index in [4.69, 9.17) is 4.74 Å². The first kappa shape index (κ1) is 12.5. The van der Waals surface area contributed by atoms with Crippen LogP contribution in [0.3, 0.4) is 0 Å². The first-order valence-corrected chi connectivity index (χ1v) is 6.70. The molecule has 0 unspecified atom stereocenters. The van der Waals surface area contributed by atoms with Gasteiger partial charge in [-0.15, -0.1) is 10.2 Å². The van der Waals surface area contributed by atoms with Crippen LogP contribution in [0.4, 0.5) is 0 Å². The molecular formula is C15H12N6O. The molecule has 108 valence electrons. The third-order valence-corrected chi connectivity index (χ3v) is 3.41. The van der Waals surface area contributed by atoms with Crippen molar-refractivity contribution in [2.24, 2.45) is 0 Å². The zero-order valence-electron chi connectivity index (χ0n) is 11.8. The summed E-state index contributed by atoms with van der Waals surface area (Å²) in [7, 11) is 1.64. The molecule has 0 aliphatic rings. The molecule has 0 aliphatic heterocycles. The number of hydrogen-bond acceptors (Lipinski definition) is 5. The van der Waals surface area contributed by atoms with Gasteiger partial charge in [-0.2, -0.15) is 5.10 Å². The Hall–Kier alpha value is -3.22. The molecule has 3 heterocycles. The van der Waals surface area contributed by atoms with E-state index < -0.39 is 0 Å². The highest BCUT2D eigenvalue weighted by Crippen LogP contribution is 2.29. The number of aromatic nitrogens is 6. The standard InChI is InChI=1S/C15H12N6O/c1-22-11-3-4-13(21-7-2-5-17-21)12(9-11)15-19-18-14-10-16-6-8-20(14)15/h2-10H,1H3. The fraction of sp³-hybridized carbons (Fsp3) is 0.0667. The number of methoxy groups -OCH3 is 1. The van der Waals surface area contributed by atoms with Crippen molar-refractivity contribution >= 4 is 5.65 Å². The minimum Gasteiger partial charge on any atom is -0.497 e. The molecule has 0 N–H and O–H groups in total. The van der Waals surface area contributed by atoms with Gasteiger partial charge in [0.2, 0.25) is 0 Å². The van der Waals surface area contributed by atoms with Crippen LogP contribution in [0, 0.1) is 0 Å². The maximum atomic E-state index is 5.34. The van der Waals surface area contributed by atoms with Crippen LogP contribution in [0.1, 0.15) is 0 Å². The fourth-order valence-electron chi connectivity index (χ4n) is 2.37. The molecule has 0 saturated heterocycles. The van der Waals surface area contributed by atoms with Crippen LogP contribution >= 0.6 is 0 Å². The molecule has 4 rings (SSSR count). The van der Waals surface area contributed by atoms with Crippen molar-refractivity contribution in [1.82, 2.24) is 29.4 Å². The summed E-state index contributed by atoms with van der Waals surface area (Å²) in [6.07, 6.45) is 8.82. The van der Waals surface area contributed by atoms with E-state index in [1.807, 2.05) is 41.1 Å². The van der Waals surface area contributed by atoms with E-state index in [0.29, 0.717) is 11.5 Å². The van der Waals surface area contributed by atoms with E-state index in [1.54, 1.807) is 30.4 Å². The first-order chi connectivity index (χ1) is 10.9. The molecule has 1 aromatic carbocycles. The molecular weight excluding hydrogens is 280 g/mol. The van der Waals surface area contributed by atoms with Crippen molar-refractivity contribution in [3.8, 4) is 22.8 Å². The molecule has 0 fully saturated rings. The Labute approximate surface area is 125 Å². The highest BCUT2D eigenvalue weighted by molar-refractivity contribution is 5.71. The van der Waals surface area contributed by atoms with Gasteiger partial charge in [0.1, 0.15) is 5.75 Å². The Morgan fingerprint density at radius 1 is 1.09 bits per heavy atom.